The number of aromatic hydroxyl groups is 3. The molecular weight excluding hydrogens is 771 g/mol. The van der Waals surface area contributed by atoms with Crippen molar-refractivity contribution in [3.8, 4) is 17.2 Å². The molecule has 0 bridgehead atoms. The molecule has 0 spiro atoms. The summed E-state index contributed by atoms with van der Waals surface area (Å²) in [6.45, 7) is 8.80. The first kappa shape index (κ1) is 46.7. The van der Waals surface area contributed by atoms with Gasteiger partial charge in [-0.3, -0.25) is 4.90 Å². The Balaban J connectivity index is 1.17. The van der Waals surface area contributed by atoms with E-state index in [1.54, 1.807) is 36.4 Å². The van der Waals surface area contributed by atoms with Crippen molar-refractivity contribution in [3.63, 3.8) is 0 Å². The summed E-state index contributed by atoms with van der Waals surface area (Å²) in [4.78, 5) is 2.56. The fraction of sp³-hybridized carbons (Fsp3) is 0.423. The lowest BCUT2D eigenvalue weighted by Crippen LogP contribution is -2.53. The Kier molecular flexibility index (Phi) is 19.1. The standard InChI is InChI=1S/C52H71N7O3/c1-2-54-44(30-41-15-21-50(60)22-16-41)34-55-47(31-42-17-23-51(61)24-18-42)36-56-45(28-39-10-5-3-6-11-39)35-57-46(29-40-12-7-4-8-13-40)37-58-48(32-43-19-25-52(62)26-20-43)38-59-27-9-14-49(59)33-53/h3-8,10-13,15-26,44-49,54-58,60-62H,2,9,14,27-38,53H2,1H3/t44-,45-,46-,47-,48-,49-/m0/s1. The number of hydrogen-bond acceptors (Lipinski definition) is 10. The van der Waals surface area contributed by atoms with Gasteiger partial charge in [-0.25, -0.2) is 0 Å². The molecule has 5 aromatic rings. The van der Waals surface area contributed by atoms with Crippen molar-refractivity contribution in [1.29, 1.82) is 0 Å². The number of nitrogens with one attached hydrogen (secondary N) is 5. The largest absolute Gasteiger partial charge is 0.508 e. The minimum atomic E-state index is 0.129. The van der Waals surface area contributed by atoms with Gasteiger partial charge in [-0.05, 0) is 122 Å². The number of phenols is 3. The first-order chi connectivity index (χ1) is 30.3. The average molecular weight is 842 g/mol. The Labute approximate surface area is 370 Å². The van der Waals surface area contributed by atoms with Gasteiger partial charge in [-0.15, -0.1) is 0 Å². The monoisotopic (exact) mass is 842 g/mol. The molecule has 0 aliphatic carbocycles. The Morgan fingerprint density at radius 1 is 0.484 bits per heavy atom. The maximum absolute atomic E-state index is 10.0. The third-order valence-corrected chi connectivity index (χ3v) is 12.2. The molecule has 332 valence electrons. The van der Waals surface area contributed by atoms with Crippen molar-refractivity contribution >= 4 is 0 Å². The summed E-state index contributed by atoms with van der Waals surface area (Å²) in [7, 11) is 0. The molecule has 1 saturated heterocycles. The number of phenolic OH excluding ortho intramolecular Hbond substituents is 3. The summed E-state index contributed by atoms with van der Waals surface area (Å²) in [6, 6.07) is 45.6. The van der Waals surface area contributed by atoms with E-state index in [1.807, 2.05) is 36.4 Å². The Morgan fingerprint density at radius 3 is 1.19 bits per heavy atom. The van der Waals surface area contributed by atoms with Gasteiger partial charge in [0.15, 0.2) is 0 Å². The molecule has 5 aromatic carbocycles. The van der Waals surface area contributed by atoms with E-state index in [-0.39, 0.29) is 47.5 Å². The van der Waals surface area contributed by atoms with Gasteiger partial charge in [0.05, 0.1) is 0 Å². The van der Waals surface area contributed by atoms with Gasteiger partial charge in [0, 0.05) is 75.5 Å². The third kappa shape index (κ3) is 16.2. The lowest BCUT2D eigenvalue weighted by atomic mass is 10.0. The highest BCUT2D eigenvalue weighted by atomic mass is 16.3. The van der Waals surface area contributed by atoms with Crippen molar-refractivity contribution < 1.29 is 15.3 Å². The summed E-state index contributed by atoms with van der Waals surface area (Å²) in [5, 5.41) is 49.6. The highest BCUT2D eigenvalue weighted by molar-refractivity contribution is 5.29. The summed E-state index contributed by atoms with van der Waals surface area (Å²) in [5.74, 6) is 0.841. The number of nitrogens with zero attached hydrogens (tertiary/aromatic N) is 1. The molecule has 10 N–H and O–H groups in total. The smallest absolute Gasteiger partial charge is 0.115 e. The van der Waals surface area contributed by atoms with Crippen LogP contribution in [0.25, 0.3) is 0 Å². The van der Waals surface area contributed by atoms with Gasteiger partial charge >= 0.3 is 0 Å². The number of likely N-dealkylation sites (tertiary alicyclic amines) is 1. The van der Waals surface area contributed by atoms with Crippen molar-refractivity contribution in [3.05, 3.63) is 161 Å². The topological polar surface area (TPSA) is 150 Å². The van der Waals surface area contributed by atoms with Crippen molar-refractivity contribution in [1.82, 2.24) is 31.5 Å². The molecule has 1 aliphatic rings. The molecule has 0 radical (unpaired) electrons. The van der Waals surface area contributed by atoms with E-state index in [1.165, 1.54) is 34.2 Å². The molecule has 1 heterocycles. The van der Waals surface area contributed by atoms with Crippen LogP contribution in [0.3, 0.4) is 0 Å². The highest BCUT2D eigenvalue weighted by Gasteiger charge is 2.27. The van der Waals surface area contributed by atoms with E-state index in [0.717, 1.165) is 84.3 Å². The van der Waals surface area contributed by atoms with Crippen LogP contribution in [-0.4, -0.2) is 109 Å². The predicted molar refractivity (Wildman–Crippen MR) is 254 cm³/mol. The fourth-order valence-corrected chi connectivity index (χ4v) is 8.82. The van der Waals surface area contributed by atoms with E-state index >= 15 is 0 Å². The number of rotatable bonds is 27. The zero-order valence-corrected chi connectivity index (χ0v) is 36.6. The molecule has 0 aromatic heterocycles. The van der Waals surface area contributed by atoms with Gasteiger partial charge in [0.1, 0.15) is 17.2 Å². The Bertz CT molecular complexity index is 1950. The van der Waals surface area contributed by atoms with Crippen LogP contribution in [0.4, 0.5) is 0 Å². The highest BCUT2D eigenvalue weighted by Crippen LogP contribution is 2.19. The maximum atomic E-state index is 10.0. The van der Waals surface area contributed by atoms with Crippen LogP contribution in [0.5, 0.6) is 17.2 Å². The number of nitrogens with two attached hydrogens (primary N) is 1. The first-order valence-corrected chi connectivity index (χ1v) is 22.8. The van der Waals surface area contributed by atoms with Crippen LogP contribution < -0.4 is 32.3 Å². The van der Waals surface area contributed by atoms with Crippen LogP contribution in [0.2, 0.25) is 0 Å². The fourth-order valence-electron chi connectivity index (χ4n) is 8.82. The second-order valence-electron chi connectivity index (χ2n) is 17.2. The van der Waals surface area contributed by atoms with Gasteiger partial charge in [0.2, 0.25) is 0 Å². The van der Waals surface area contributed by atoms with Crippen LogP contribution in [0.15, 0.2) is 133 Å². The molecule has 62 heavy (non-hydrogen) atoms. The zero-order chi connectivity index (χ0) is 43.4. The quantitative estimate of drug-likeness (QED) is 0.0330. The van der Waals surface area contributed by atoms with Crippen molar-refractivity contribution in [2.75, 3.05) is 52.4 Å². The molecule has 1 fully saturated rings. The average Bonchev–Trinajstić information content (AvgIpc) is 3.75. The molecule has 0 unspecified atom stereocenters. The van der Waals surface area contributed by atoms with E-state index in [9.17, 15) is 15.3 Å². The van der Waals surface area contributed by atoms with E-state index < -0.39 is 0 Å². The maximum Gasteiger partial charge on any atom is 0.115 e. The summed E-state index contributed by atoms with van der Waals surface area (Å²) in [6.07, 6.45) is 6.63. The second kappa shape index (κ2) is 25.4. The van der Waals surface area contributed by atoms with Crippen LogP contribution >= 0.6 is 0 Å². The van der Waals surface area contributed by atoms with Gasteiger partial charge in [0.25, 0.3) is 0 Å². The molecule has 10 heteroatoms. The van der Waals surface area contributed by atoms with Crippen LogP contribution in [0, 0.1) is 0 Å². The molecule has 1 aliphatic heterocycles. The molecular formula is C52H71N7O3. The van der Waals surface area contributed by atoms with Gasteiger partial charge in [-0.1, -0.05) is 104 Å². The minimum Gasteiger partial charge on any atom is -0.508 e. The zero-order valence-electron chi connectivity index (χ0n) is 36.6. The number of benzene rings is 5. The normalized spacial score (nSPS) is 16.8. The summed E-state index contributed by atoms with van der Waals surface area (Å²) >= 11 is 0. The van der Waals surface area contributed by atoms with E-state index in [4.69, 9.17) is 5.73 Å². The predicted octanol–water partition coefficient (Wildman–Crippen LogP) is 5.55. The van der Waals surface area contributed by atoms with E-state index in [0.29, 0.717) is 12.6 Å². The van der Waals surface area contributed by atoms with Gasteiger partial charge < -0.3 is 47.6 Å². The Hall–Kier alpha value is -4.78. The molecule has 6 rings (SSSR count). The SMILES string of the molecule is CCN[C@H](CN[C@H](CN[C@H](CN[C@H](CN[C@@H](Cc1ccc(O)cc1)CN1CCC[C@H]1CN)Cc1ccccc1)Cc1ccccc1)Cc1ccc(O)cc1)Cc1ccc(O)cc1. The van der Waals surface area contributed by atoms with Crippen LogP contribution in [0.1, 0.15) is 47.6 Å². The third-order valence-electron chi connectivity index (χ3n) is 12.2. The first-order valence-electron chi connectivity index (χ1n) is 22.8. The lowest BCUT2D eigenvalue weighted by Gasteiger charge is -2.31. The molecule has 0 saturated carbocycles. The van der Waals surface area contributed by atoms with Gasteiger partial charge in [-0.2, -0.15) is 0 Å². The summed E-state index contributed by atoms with van der Waals surface area (Å²) in [5.41, 5.74) is 12.4. The number of hydrogen-bond donors (Lipinski definition) is 9. The Morgan fingerprint density at radius 2 is 0.823 bits per heavy atom. The molecule has 0 amide bonds. The van der Waals surface area contributed by atoms with Crippen molar-refractivity contribution in [2.45, 2.75) is 88.1 Å². The molecule has 6 atom stereocenters. The van der Waals surface area contributed by atoms with Crippen molar-refractivity contribution in [2.24, 2.45) is 5.73 Å². The lowest BCUT2D eigenvalue weighted by molar-refractivity contribution is 0.224. The second-order valence-corrected chi connectivity index (χ2v) is 17.2. The van der Waals surface area contributed by atoms with E-state index in [2.05, 4.69) is 99.1 Å². The minimum absolute atomic E-state index is 0.129. The summed E-state index contributed by atoms with van der Waals surface area (Å²) < 4.78 is 0. The van der Waals surface area contributed by atoms with Crippen LogP contribution in [-0.2, 0) is 32.1 Å². The molecule has 10 nitrogen and oxygen atoms in total. The number of likely N-dealkylation sites (N-methyl/N-ethyl adjacent to an activating group) is 1.